The van der Waals surface area contributed by atoms with Gasteiger partial charge in [-0.05, 0) is 6.42 Å². The molecule has 0 N–H and O–H groups in total. The Morgan fingerprint density at radius 2 is 2.33 bits per heavy atom. The summed E-state index contributed by atoms with van der Waals surface area (Å²) in [4.78, 5) is 16.0. The molecule has 0 spiro atoms. The molecule has 0 aromatic carbocycles. The molecule has 0 bridgehead atoms. The molecule has 2 rings (SSSR count). The van der Waals surface area contributed by atoms with Crippen LogP contribution in [0.25, 0.3) is 5.52 Å². The highest BCUT2D eigenvalue weighted by atomic mass is 16.1. The molecular formula is C11H13N3O. The average molecular weight is 203 g/mol. The van der Waals surface area contributed by atoms with E-state index in [4.69, 9.17) is 0 Å². The molecule has 0 fully saturated rings. The van der Waals surface area contributed by atoms with Crippen molar-refractivity contribution in [1.82, 2.24) is 14.6 Å². The lowest BCUT2D eigenvalue weighted by Gasteiger charge is -2.04. The van der Waals surface area contributed by atoms with Crippen LogP contribution in [-0.4, -0.2) is 20.4 Å². The minimum Gasteiger partial charge on any atom is -0.294 e. The van der Waals surface area contributed by atoms with Crippen molar-refractivity contribution in [1.29, 1.82) is 0 Å². The highest BCUT2D eigenvalue weighted by molar-refractivity contribution is 6.03. The zero-order chi connectivity index (χ0) is 10.8. The maximum absolute atomic E-state index is 12.0. The van der Waals surface area contributed by atoms with E-state index in [-0.39, 0.29) is 11.7 Å². The van der Waals surface area contributed by atoms with Crippen LogP contribution in [0, 0.1) is 5.92 Å². The smallest absolute Gasteiger partial charge is 0.169 e. The first-order chi connectivity index (χ1) is 7.24. The van der Waals surface area contributed by atoms with Crippen LogP contribution < -0.4 is 0 Å². The molecule has 15 heavy (non-hydrogen) atoms. The van der Waals surface area contributed by atoms with E-state index in [9.17, 15) is 4.79 Å². The van der Waals surface area contributed by atoms with E-state index < -0.39 is 0 Å². The molecular weight excluding hydrogens is 190 g/mol. The van der Waals surface area contributed by atoms with E-state index in [1.807, 2.05) is 13.8 Å². The number of rotatable bonds is 3. The van der Waals surface area contributed by atoms with E-state index in [0.717, 1.165) is 11.9 Å². The Kier molecular flexibility index (Phi) is 2.49. The summed E-state index contributed by atoms with van der Waals surface area (Å²) in [6.07, 6.45) is 7.52. The molecule has 2 aromatic heterocycles. The van der Waals surface area contributed by atoms with Crippen molar-refractivity contribution < 1.29 is 4.79 Å². The summed E-state index contributed by atoms with van der Waals surface area (Å²) >= 11 is 0. The van der Waals surface area contributed by atoms with Gasteiger partial charge in [-0.3, -0.25) is 9.78 Å². The lowest BCUT2D eigenvalue weighted by Crippen LogP contribution is -2.09. The zero-order valence-corrected chi connectivity index (χ0v) is 8.84. The molecule has 0 saturated carbocycles. The second-order valence-corrected chi connectivity index (χ2v) is 3.64. The van der Waals surface area contributed by atoms with E-state index in [1.165, 1.54) is 0 Å². The second kappa shape index (κ2) is 3.81. The number of aromatic nitrogens is 3. The normalized spacial score (nSPS) is 12.9. The van der Waals surface area contributed by atoms with Gasteiger partial charge >= 0.3 is 0 Å². The first-order valence-corrected chi connectivity index (χ1v) is 5.05. The van der Waals surface area contributed by atoms with Gasteiger partial charge in [0, 0.05) is 18.3 Å². The van der Waals surface area contributed by atoms with E-state index in [1.54, 1.807) is 29.3 Å². The SMILES string of the molecule is CCC(C)C(=O)c1cnn2ccncc12. The van der Waals surface area contributed by atoms with Gasteiger partial charge in [-0.15, -0.1) is 0 Å². The number of carbonyl (C=O) groups is 1. The van der Waals surface area contributed by atoms with Crippen LogP contribution in [0.4, 0.5) is 0 Å². The first-order valence-electron chi connectivity index (χ1n) is 5.05. The summed E-state index contributed by atoms with van der Waals surface area (Å²) in [5.74, 6) is 0.179. The van der Waals surface area contributed by atoms with Crippen molar-refractivity contribution in [2.45, 2.75) is 20.3 Å². The van der Waals surface area contributed by atoms with Crippen molar-refractivity contribution >= 4 is 11.3 Å². The Bertz CT molecular complexity index is 489. The van der Waals surface area contributed by atoms with E-state index in [0.29, 0.717) is 5.56 Å². The molecule has 4 heteroatoms. The Morgan fingerprint density at radius 3 is 3.07 bits per heavy atom. The molecule has 4 nitrogen and oxygen atoms in total. The van der Waals surface area contributed by atoms with Gasteiger partial charge in [0.15, 0.2) is 5.78 Å². The molecule has 0 amide bonds. The fraction of sp³-hybridized carbons (Fsp3) is 0.364. The molecule has 1 atom stereocenters. The van der Waals surface area contributed by atoms with Gasteiger partial charge < -0.3 is 0 Å². The number of nitrogens with zero attached hydrogens (tertiary/aromatic N) is 3. The molecule has 0 radical (unpaired) electrons. The third kappa shape index (κ3) is 1.63. The van der Waals surface area contributed by atoms with Crippen LogP contribution in [-0.2, 0) is 0 Å². The van der Waals surface area contributed by atoms with Gasteiger partial charge in [0.1, 0.15) is 0 Å². The fourth-order valence-corrected chi connectivity index (χ4v) is 1.48. The molecule has 78 valence electrons. The predicted octanol–water partition coefficient (Wildman–Crippen LogP) is 1.96. The highest BCUT2D eigenvalue weighted by Gasteiger charge is 2.17. The molecule has 0 aliphatic heterocycles. The van der Waals surface area contributed by atoms with Gasteiger partial charge in [0.2, 0.25) is 0 Å². The van der Waals surface area contributed by atoms with Crippen molar-refractivity contribution in [2.24, 2.45) is 5.92 Å². The number of carbonyl (C=O) groups excluding carboxylic acids is 1. The van der Waals surface area contributed by atoms with Crippen molar-refractivity contribution in [3.05, 3.63) is 30.4 Å². The monoisotopic (exact) mass is 203 g/mol. The third-order valence-electron chi connectivity index (χ3n) is 2.65. The van der Waals surface area contributed by atoms with Gasteiger partial charge in [-0.1, -0.05) is 13.8 Å². The van der Waals surface area contributed by atoms with Crippen LogP contribution in [0.15, 0.2) is 24.8 Å². The standard InChI is InChI=1S/C11H13N3O/c1-3-8(2)11(15)9-6-13-14-5-4-12-7-10(9)14/h4-8H,3H2,1-2H3. The second-order valence-electron chi connectivity index (χ2n) is 3.64. The van der Waals surface area contributed by atoms with Crippen LogP contribution in [0.5, 0.6) is 0 Å². The zero-order valence-electron chi connectivity index (χ0n) is 8.84. The summed E-state index contributed by atoms with van der Waals surface area (Å²) in [7, 11) is 0. The number of hydrogen-bond acceptors (Lipinski definition) is 3. The van der Waals surface area contributed by atoms with Gasteiger partial charge in [-0.25, -0.2) is 4.52 Å². The van der Waals surface area contributed by atoms with Crippen molar-refractivity contribution in [2.75, 3.05) is 0 Å². The van der Waals surface area contributed by atoms with E-state index in [2.05, 4.69) is 10.1 Å². The number of ketones is 1. The first kappa shape index (κ1) is 9.83. The number of Topliss-reactive ketones (excluding diaryl/α,β-unsaturated/α-hetero) is 1. The molecule has 1 unspecified atom stereocenters. The maximum Gasteiger partial charge on any atom is 0.169 e. The summed E-state index contributed by atoms with van der Waals surface area (Å²) < 4.78 is 1.67. The Labute approximate surface area is 87.9 Å². The lowest BCUT2D eigenvalue weighted by molar-refractivity contribution is 0.0929. The van der Waals surface area contributed by atoms with Crippen LogP contribution in [0.2, 0.25) is 0 Å². The van der Waals surface area contributed by atoms with Crippen LogP contribution in [0.1, 0.15) is 30.6 Å². The molecule has 0 saturated heterocycles. The van der Waals surface area contributed by atoms with Gasteiger partial charge in [-0.2, -0.15) is 5.10 Å². The van der Waals surface area contributed by atoms with E-state index >= 15 is 0 Å². The fourth-order valence-electron chi connectivity index (χ4n) is 1.48. The molecule has 2 heterocycles. The minimum absolute atomic E-state index is 0.0400. The predicted molar refractivity (Wildman–Crippen MR) is 56.8 cm³/mol. The van der Waals surface area contributed by atoms with Crippen LogP contribution in [0.3, 0.4) is 0 Å². The minimum atomic E-state index is 0.0400. The highest BCUT2D eigenvalue weighted by Crippen LogP contribution is 2.15. The quantitative estimate of drug-likeness (QED) is 0.716. The van der Waals surface area contributed by atoms with Crippen LogP contribution >= 0.6 is 0 Å². The molecule has 0 aliphatic rings. The van der Waals surface area contributed by atoms with Gasteiger partial charge in [0.05, 0.1) is 23.5 Å². The van der Waals surface area contributed by atoms with Crippen molar-refractivity contribution in [3.8, 4) is 0 Å². The summed E-state index contributed by atoms with van der Waals surface area (Å²) in [6, 6.07) is 0. The van der Waals surface area contributed by atoms with Gasteiger partial charge in [0.25, 0.3) is 0 Å². The summed E-state index contributed by atoms with van der Waals surface area (Å²) in [5.41, 5.74) is 1.44. The Morgan fingerprint density at radius 1 is 1.53 bits per heavy atom. The summed E-state index contributed by atoms with van der Waals surface area (Å²) in [6.45, 7) is 3.94. The molecule has 0 aliphatic carbocycles. The third-order valence-corrected chi connectivity index (χ3v) is 2.65. The number of fused-ring (bicyclic) bond motifs is 1. The Balaban J connectivity index is 2.48. The maximum atomic E-state index is 12.0. The topological polar surface area (TPSA) is 47.3 Å². The summed E-state index contributed by atoms with van der Waals surface area (Å²) in [5, 5.41) is 4.11. The number of hydrogen-bond donors (Lipinski definition) is 0. The lowest BCUT2D eigenvalue weighted by atomic mass is 9.98. The largest absolute Gasteiger partial charge is 0.294 e. The molecule has 2 aromatic rings. The van der Waals surface area contributed by atoms with Crippen molar-refractivity contribution in [3.63, 3.8) is 0 Å². The average Bonchev–Trinajstić information content (AvgIpc) is 2.70. The Hall–Kier alpha value is -1.71.